The molecule has 1 rings (SSSR count). The average Bonchev–Trinajstić information content (AvgIpc) is 2.44. The average molecular weight is 313 g/mol. The van der Waals surface area contributed by atoms with E-state index in [-0.39, 0.29) is 23.1 Å². The van der Waals surface area contributed by atoms with Crippen molar-refractivity contribution in [1.82, 2.24) is 4.90 Å². The Balaban J connectivity index is 2.80. The third-order valence-electron chi connectivity index (χ3n) is 3.64. The second-order valence-corrected chi connectivity index (χ2v) is 7.76. The molecule has 0 radical (unpaired) electrons. The normalized spacial score (nSPS) is 12.6. The fourth-order valence-corrected chi connectivity index (χ4v) is 2.94. The van der Waals surface area contributed by atoms with Gasteiger partial charge >= 0.3 is 0 Å². The van der Waals surface area contributed by atoms with Crippen molar-refractivity contribution in [3.63, 3.8) is 0 Å². The van der Waals surface area contributed by atoms with Crippen molar-refractivity contribution in [1.29, 1.82) is 5.41 Å². The lowest BCUT2D eigenvalue weighted by Crippen LogP contribution is -2.46. The van der Waals surface area contributed by atoms with Crippen molar-refractivity contribution in [2.75, 3.05) is 26.0 Å². The second-order valence-electron chi connectivity index (χ2n) is 5.65. The molecule has 0 heterocycles. The van der Waals surface area contributed by atoms with Crippen LogP contribution in [-0.4, -0.2) is 55.8 Å². The standard InChI is InChI=1S/C14H23N3O3S/c1-14(2,10-18)17(3)8-9-21(19,20)12-6-4-11(5-7-12)13(15)16/h4-7,18H,8-10H2,1-3H3,(H3,15,16). The molecule has 6 nitrogen and oxygen atoms in total. The van der Waals surface area contributed by atoms with Crippen LogP contribution >= 0.6 is 0 Å². The number of aliphatic hydroxyl groups is 1. The number of hydrogen-bond acceptors (Lipinski definition) is 5. The first kappa shape index (κ1) is 17.6. The molecule has 0 aliphatic carbocycles. The predicted octanol–water partition coefficient (Wildman–Crippen LogP) is 0.447. The third-order valence-corrected chi connectivity index (χ3v) is 5.35. The number of nitrogens with one attached hydrogen (secondary N) is 1. The fourth-order valence-electron chi connectivity index (χ4n) is 1.64. The molecule has 7 heteroatoms. The van der Waals surface area contributed by atoms with Gasteiger partial charge in [0.05, 0.1) is 17.3 Å². The topological polar surface area (TPSA) is 107 Å². The Morgan fingerprint density at radius 2 is 1.86 bits per heavy atom. The molecule has 21 heavy (non-hydrogen) atoms. The largest absolute Gasteiger partial charge is 0.394 e. The molecule has 118 valence electrons. The van der Waals surface area contributed by atoms with E-state index in [2.05, 4.69) is 0 Å². The van der Waals surface area contributed by atoms with Crippen LogP contribution < -0.4 is 5.73 Å². The molecule has 0 unspecified atom stereocenters. The monoisotopic (exact) mass is 313 g/mol. The molecule has 0 saturated carbocycles. The van der Waals surface area contributed by atoms with Gasteiger partial charge in [-0.05, 0) is 33.0 Å². The van der Waals surface area contributed by atoms with Crippen molar-refractivity contribution >= 4 is 15.7 Å². The van der Waals surface area contributed by atoms with Gasteiger partial charge in [-0.15, -0.1) is 0 Å². The minimum absolute atomic E-state index is 0.0354. The zero-order chi connectivity index (χ0) is 16.3. The zero-order valence-corrected chi connectivity index (χ0v) is 13.4. The third kappa shape index (κ3) is 4.52. The summed E-state index contributed by atoms with van der Waals surface area (Å²) < 4.78 is 24.5. The van der Waals surface area contributed by atoms with Crippen LogP contribution in [-0.2, 0) is 9.84 Å². The first-order valence-corrected chi connectivity index (χ1v) is 8.25. The Kier molecular flexibility index (Phi) is 5.49. The molecule has 0 aromatic heterocycles. The number of nitrogens with zero attached hydrogens (tertiary/aromatic N) is 1. The maximum Gasteiger partial charge on any atom is 0.179 e. The van der Waals surface area contributed by atoms with Gasteiger partial charge in [0.2, 0.25) is 0 Å². The van der Waals surface area contributed by atoms with E-state index in [1.165, 1.54) is 24.3 Å². The van der Waals surface area contributed by atoms with E-state index in [0.29, 0.717) is 12.1 Å². The van der Waals surface area contributed by atoms with Crippen LogP contribution in [0, 0.1) is 5.41 Å². The Bertz CT molecular complexity index is 594. The lowest BCUT2D eigenvalue weighted by Gasteiger charge is -2.33. The second kappa shape index (κ2) is 6.55. The van der Waals surface area contributed by atoms with E-state index in [0.717, 1.165) is 0 Å². The highest BCUT2D eigenvalue weighted by atomic mass is 32.2. The van der Waals surface area contributed by atoms with Crippen LogP contribution in [0.3, 0.4) is 0 Å². The highest BCUT2D eigenvalue weighted by Gasteiger charge is 2.24. The maximum absolute atomic E-state index is 12.3. The SMILES string of the molecule is CN(CCS(=O)(=O)c1ccc(C(=N)N)cc1)C(C)(C)CO. The molecule has 1 aromatic rings. The first-order valence-electron chi connectivity index (χ1n) is 6.59. The molecule has 0 aliphatic heterocycles. The first-order chi connectivity index (χ1) is 9.60. The summed E-state index contributed by atoms with van der Waals surface area (Å²) in [5.74, 6) is -0.129. The summed E-state index contributed by atoms with van der Waals surface area (Å²) in [6.45, 7) is 3.98. The lowest BCUT2D eigenvalue weighted by atomic mass is 10.1. The van der Waals surface area contributed by atoms with Gasteiger partial charge in [0.1, 0.15) is 5.84 Å². The smallest absolute Gasteiger partial charge is 0.179 e. The van der Waals surface area contributed by atoms with Crippen LogP contribution in [0.25, 0.3) is 0 Å². The maximum atomic E-state index is 12.3. The van der Waals surface area contributed by atoms with Crippen LogP contribution in [0.4, 0.5) is 0 Å². The van der Waals surface area contributed by atoms with Gasteiger partial charge in [-0.2, -0.15) is 0 Å². The number of nitrogens with two attached hydrogens (primary N) is 1. The van der Waals surface area contributed by atoms with Gasteiger partial charge in [-0.1, -0.05) is 12.1 Å². The Morgan fingerprint density at radius 1 is 1.33 bits per heavy atom. The van der Waals surface area contributed by atoms with Crippen molar-refractivity contribution < 1.29 is 13.5 Å². The fraction of sp³-hybridized carbons (Fsp3) is 0.500. The summed E-state index contributed by atoms with van der Waals surface area (Å²) in [4.78, 5) is 2.02. The quantitative estimate of drug-likeness (QED) is 0.500. The van der Waals surface area contributed by atoms with Gasteiger partial charge in [0.25, 0.3) is 0 Å². The van der Waals surface area contributed by atoms with E-state index >= 15 is 0 Å². The summed E-state index contributed by atoms with van der Waals surface area (Å²) in [7, 11) is -1.62. The minimum Gasteiger partial charge on any atom is -0.394 e. The Labute approximate surface area is 126 Å². The van der Waals surface area contributed by atoms with Gasteiger partial charge in [-0.25, -0.2) is 8.42 Å². The molecule has 0 saturated heterocycles. The molecule has 0 amide bonds. The van der Waals surface area contributed by atoms with Gasteiger partial charge in [0.15, 0.2) is 9.84 Å². The Morgan fingerprint density at radius 3 is 2.29 bits per heavy atom. The van der Waals surface area contributed by atoms with Crippen LogP contribution in [0.5, 0.6) is 0 Å². The van der Waals surface area contributed by atoms with E-state index in [4.69, 9.17) is 11.1 Å². The van der Waals surface area contributed by atoms with E-state index in [1.807, 2.05) is 18.7 Å². The van der Waals surface area contributed by atoms with Gasteiger partial charge in [-0.3, -0.25) is 10.3 Å². The molecule has 0 spiro atoms. The Hall–Kier alpha value is -1.44. The molecular formula is C14H23N3O3S. The molecule has 0 fully saturated rings. The van der Waals surface area contributed by atoms with Gasteiger partial charge < -0.3 is 10.8 Å². The summed E-state index contributed by atoms with van der Waals surface area (Å²) in [6.07, 6.45) is 0. The highest BCUT2D eigenvalue weighted by Crippen LogP contribution is 2.15. The summed E-state index contributed by atoms with van der Waals surface area (Å²) in [6, 6.07) is 5.97. The van der Waals surface area contributed by atoms with Crippen molar-refractivity contribution in [3.8, 4) is 0 Å². The highest BCUT2D eigenvalue weighted by molar-refractivity contribution is 7.91. The molecule has 0 bridgehead atoms. The van der Waals surface area contributed by atoms with E-state index < -0.39 is 15.4 Å². The van der Waals surface area contributed by atoms with Gasteiger partial charge in [0, 0.05) is 17.6 Å². The number of aliphatic hydroxyl groups excluding tert-OH is 1. The molecule has 0 atom stereocenters. The van der Waals surface area contributed by atoms with Crippen LogP contribution in [0.15, 0.2) is 29.2 Å². The summed E-state index contributed by atoms with van der Waals surface area (Å²) in [5.41, 5.74) is 5.37. The number of amidine groups is 1. The molecule has 4 N–H and O–H groups in total. The van der Waals surface area contributed by atoms with E-state index in [1.54, 1.807) is 7.05 Å². The van der Waals surface area contributed by atoms with Crippen molar-refractivity contribution in [2.45, 2.75) is 24.3 Å². The number of rotatable bonds is 7. The molecule has 1 aromatic carbocycles. The van der Waals surface area contributed by atoms with Crippen LogP contribution in [0.2, 0.25) is 0 Å². The van der Waals surface area contributed by atoms with Crippen molar-refractivity contribution in [2.24, 2.45) is 5.73 Å². The number of benzene rings is 1. The van der Waals surface area contributed by atoms with Crippen LogP contribution in [0.1, 0.15) is 19.4 Å². The predicted molar refractivity (Wildman–Crippen MR) is 83.3 cm³/mol. The van der Waals surface area contributed by atoms with Crippen molar-refractivity contribution in [3.05, 3.63) is 29.8 Å². The van der Waals surface area contributed by atoms with E-state index in [9.17, 15) is 13.5 Å². The number of likely N-dealkylation sites (N-methyl/N-ethyl adjacent to an activating group) is 1. The lowest BCUT2D eigenvalue weighted by molar-refractivity contribution is 0.0841. The minimum atomic E-state index is -3.40. The molecule has 0 aliphatic rings. The zero-order valence-electron chi connectivity index (χ0n) is 12.6. The number of sulfone groups is 1. The number of nitrogen functional groups attached to an aromatic ring is 1. The summed E-state index contributed by atoms with van der Waals surface area (Å²) >= 11 is 0. The summed E-state index contributed by atoms with van der Waals surface area (Å²) in [5, 5.41) is 16.6. The number of hydrogen-bond donors (Lipinski definition) is 3. The molecular weight excluding hydrogens is 290 g/mol.